The Hall–Kier alpha value is 0.234. The molecule has 11 heteroatoms. The molecule has 0 saturated heterocycles. The van der Waals surface area contributed by atoms with Crippen molar-refractivity contribution in [2.24, 2.45) is 0 Å². The van der Waals surface area contributed by atoms with Crippen LogP contribution in [0.3, 0.4) is 0 Å². The fourth-order valence-electron chi connectivity index (χ4n) is 0.183. The molecule has 0 rings (SSSR count). The molecule has 0 fully saturated rings. The third-order valence-electron chi connectivity index (χ3n) is 1.50. The third-order valence-corrected chi connectivity index (χ3v) is 3.77. The number of hydrogen-bond donors (Lipinski definition) is 2. The van der Waals surface area contributed by atoms with E-state index in [2.05, 4.69) is 0 Å². The van der Waals surface area contributed by atoms with E-state index < -0.39 is 43.9 Å². The van der Waals surface area contributed by atoms with E-state index >= 15 is 0 Å². The normalized spacial score (nSPS) is 14.9. The molecule has 0 heterocycles. The van der Waals surface area contributed by atoms with E-state index in [1.54, 1.807) is 0 Å². The van der Waals surface area contributed by atoms with Crippen molar-refractivity contribution in [2.75, 3.05) is 13.2 Å². The molecule has 17 heavy (non-hydrogen) atoms. The van der Waals surface area contributed by atoms with E-state index in [4.69, 9.17) is 10.2 Å². The van der Waals surface area contributed by atoms with Crippen molar-refractivity contribution in [3.63, 3.8) is 0 Å². The molecule has 2 unspecified atom stereocenters. The molecule has 0 saturated carbocycles. The second-order valence-corrected chi connectivity index (χ2v) is 6.55. The average molecular weight is 337 g/mol. The van der Waals surface area contributed by atoms with Crippen LogP contribution in [0.25, 0.3) is 0 Å². The van der Waals surface area contributed by atoms with Crippen LogP contribution >= 0.6 is 0 Å². The summed E-state index contributed by atoms with van der Waals surface area (Å²) in [6.07, 6.45) is 0. The van der Waals surface area contributed by atoms with Crippen molar-refractivity contribution < 1.29 is 52.6 Å². The second-order valence-electron chi connectivity index (χ2n) is 2.97. The minimum atomic E-state index is -4.25. The molecule has 0 amide bonds. The van der Waals surface area contributed by atoms with E-state index in [-0.39, 0.29) is 16.5 Å². The summed E-state index contributed by atoms with van der Waals surface area (Å²) in [4.78, 5) is 0. The number of rotatable bonds is 4. The van der Waals surface area contributed by atoms with Gasteiger partial charge in [-0.3, -0.25) is 0 Å². The zero-order chi connectivity index (χ0) is 13.6. The van der Waals surface area contributed by atoms with Gasteiger partial charge in [-0.2, -0.15) is 0 Å². The smallest absolute Gasteiger partial charge is 0.748 e. The van der Waals surface area contributed by atoms with Crippen LogP contribution in [0.5, 0.6) is 0 Å². The van der Waals surface area contributed by atoms with Crippen molar-refractivity contribution in [1.29, 1.82) is 0 Å². The van der Waals surface area contributed by atoms with Gasteiger partial charge in [-0.05, 0) is 13.8 Å². The molecule has 108 valence electrons. The zero-order valence-corrected chi connectivity index (χ0v) is 11.7. The molecule has 0 aromatic carbocycles. The summed E-state index contributed by atoms with van der Waals surface area (Å²) in [5.74, 6) is 0. The fourth-order valence-corrected chi connectivity index (χ4v) is 0.548. The Morgan fingerprint density at radius 2 is 1.06 bits per heavy atom. The molecule has 2 N–H and O–H groups in total. The second kappa shape index (κ2) is 9.20. The predicted octanol–water partition coefficient (Wildman–Crippen LogP) is -2.18. The van der Waals surface area contributed by atoms with Crippen molar-refractivity contribution in [2.45, 2.75) is 24.3 Å². The van der Waals surface area contributed by atoms with Gasteiger partial charge in [-0.25, -0.2) is 16.8 Å². The van der Waals surface area contributed by atoms with Gasteiger partial charge in [-0.15, -0.1) is 0 Å². The molecule has 0 bridgehead atoms. The Kier molecular flexibility index (Phi) is 12.1. The maximum atomic E-state index is 9.85. The van der Waals surface area contributed by atoms with E-state index in [1.165, 1.54) is 0 Å². The monoisotopic (exact) mass is 336 g/mol. The molecule has 8 nitrogen and oxygen atoms in total. The summed E-state index contributed by atoms with van der Waals surface area (Å²) in [5.41, 5.74) is 0. The first-order valence-corrected chi connectivity index (χ1v) is 7.02. The molecular formula is C6H14NiO8S2. The Labute approximate surface area is 110 Å². The Bertz CT molecular complexity index is 337. The Morgan fingerprint density at radius 3 is 1.06 bits per heavy atom. The van der Waals surface area contributed by atoms with Gasteiger partial charge in [0.25, 0.3) is 0 Å². The average Bonchev–Trinajstić information content (AvgIpc) is 2.13. The van der Waals surface area contributed by atoms with Crippen LogP contribution in [0.2, 0.25) is 0 Å². The van der Waals surface area contributed by atoms with Gasteiger partial charge >= 0.3 is 16.5 Å². The first-order chi connectivity index (χ1) is 6.96. The number of hydrogen-bond acceptors (Lipinski definition) is 8. The molecular weight excluding hydrogens is 323 g/mol. The zero-order valence-electron chi connectivity index (χ0n) is 9.05. The van der Waals surface area contributed by atoms with Gasteiger partial charge in [0.2, 0.25) is 0 Å². The SMILES string of the molecule is CC(CO)S(=O)(=O)[O-].CC(CO)S(=O)(=O)[O-].[Ni+2]. The third kappa shape index (κ3) is 12.5. The summed E-state index contributed by atoms with van der Waals surface area (Å²) in [7, 11) is -8.51. The van der Waals surface area contributed by atoms with Gasteiger partial charge in [0.05, 0.1) is 43.9 Å². The summed E-state index contributed by atoms with van der Waals surface area (Å²) >= 11 is 0. The van der Waals surface area contributed by atoms with Crippen LogP contribution in [0.4, 0.5) is 0 Å². The van der Waals surface area contributed by atoms with Crippen molar-refractivity contribution in [3.8, 4) is 0 Å². The molecule has 0 aromatic heterocycles. The maximum Gasteiger partial charge on any atom is 2.00 e. The van der Waals surface area contributed by atoms with Gasteiger partial charge in [0.15, 0.2) is 0 Å². The molecule has 0 aromatic rings. The van der Waals surface area contributed by atoms with Gasteiger partial charge < -0.3 is 19.3 Å². The summed E-state index contributed by atoms with van der Waals surface area (Å²) in [6.45, 7) is 1.10. The quantitative estimate of drug-likeness (QED) is 0.433. The van der Waals surface area contributed by atoms with E-state index in [9.17, 15) is 25.9 Å². The van der Waals surface area contributed by atoms with E-state index in [0.29, 0.717) is 0 Å². The first-order valence-electron chi connectivity index (χ1n) is 4.08. The predicted molar refractivity (Wildman–Crippen MR) is 52.5 cm³/mol. The number of aliphatic hydroxyl groups excluding tert-OH is 2. The van der Waals surface area contributed by atoms with Crippen LogP contribution in [0.15, 0.2) is 0 Å². The van der Waals surface area contributed by atoms with Crippen molar-refractivity contribution >= 4 is 20.2 Å². The van der Waals surface area contributed by atoms with Crippen LogP contribution in [0.1, 0.15) is 13.8 Å². The van der Waals surface area contributed by atoms with E-state index in [0.717, 1.165) is 13.8 Å². The minimum Gasteiger partial charge on any atom is -0.748 e. The molecule has 2 atom stereocenters. The Balaban J connectivity index is -0.000000218. The summed E-state index contributed by atoms with van der Waals surface area (Å²) in [5, 5.41) is 13.8. The maximum absolute atomic E-state index is 9.85. The van der Waals surface area contributed by atoms with Crippen LogP contribution in [0, 0.1) is 0 Å². The van der Waals surface area contributed by atoms with Crippen molar-refractivity contribution in [3.05, 3.63) is 0 Å². The molecule has 0 spiro atoms. The number of aliphatic hydroxyl groups is 2. The first kappa shape index (κ1) is 22.4. The van der Waals surface area contributed by atoms with Gasteiger partial charge in [0.1, 0.15) is 0 Å². The minimum absolute atomic E-state index is 0. The van der Waals surface area contributed by atoms with Gasteiger partial charge in [0, 0.05) is 0 Å². The largest absolute Gasteiger partial charge is 2.00 e. The molecule has 0 radical (unpaired) electrons. The standard InChI is InChI=1S/2C3H8O4S.Ni/c2*1-3(2-4)8(5,6)7;/h2*3-4H,2H2,1H3,(H,5,6,7);/q;;+2/p-2. The van der Waals surface area contributed by atoms with Gasteiger partial charge in [-0.1, -0.05) is 0 Å². The molecule has 0 aliphatic carbocycles. The molecule has 0 aliphatic heterocycles. The summed E-state index contributed by atoms with van der Waals surface area (Å²) < 4.78 is 59.1. The van der Waals surface area contributed by atoms with Crippen LogP contribution in [-0.2, 0) is 36.7 Å². The Morgan fingerprint density at radius 1 is 0.882 bits per heavy atom. The van der Waals surface area contributed by atoms with Crippen LogP contribution in [-0.4, -0.2) is 59.9 Å². The van der Waals surface area contributed by atoms with Crippen molar-refractivity contribution in [1.82, 2.24) is 0 Å². The molecule has 0 aliphatic rings. The van der Waals surface area contributed by atoms with E-state index in [1.807, 2.05) is 0 Å². The summed E-state index contributed by atoms with van der Waals surface area (Å²) in [6, 6.07) is 0. The topological polar surface area (TPSA) is 155 Å². The fraction of sp³-hybridized carbons (Fsp3) is 1.00. The van der Waals surface area contributed by atoms with Crippen LogP contribution < -0.4 is 0 Å².